The van der Waals surface area contributed by atoms with Gasteiger partial charge in [0, 0.05) is 40.7 Å². The van der Waals surface area contributed by atoms with Crippen molar-refractivity contribution in [1.29, 1.82) is 0 Å². The molecule has 0 spiro atoms. The van der Waals surface area contributed by atoms with E-state index in [1.807, 2.05) is 10.9 Å². The van der Waals surface area contributed by atoms with Crippen molar-refractivity contribution < 1.29 is 5.11 Å². The molecule has 1 atom stereocenters. The Morgan fingerprint density at radius 3 is 2.55 bits per heavy atom. The van der Waals surface area contributed by atoms with Crippen molar-refractivity contribution in [3.05, 3.63) is 42.2 Å². The van der Waals surface area contributed by atoms with E-state index in [4.69, 9.17) is 5.11 Å². The molecule has 0 saturated carbocycles. The van der Waals surface area contributed by atoms with E-state index in [-0.39, 0.29) is 12.6 Å². The number of benzene rings is 1. The highest BCUT2D eigenvalue weighted by Crippen LogP contribution is 2.24. The van der Waals surface area contributed by atoms with Gasteiger partial charge in [0.05, 0.1) is 12.2 Å². The molecule has 1 unspecified atom stereocenters. The van der Waals surface area contributed by atoms with Gasteiger partial charge in [-0.15, -0.1) is 11.8 Å². The molecular formula is C17H25N3OS. The summed E-state index contributed by atoms with van der Waals surface area (Å²) < 4.78 is 1.98. The Balaban J connectivity index is 1.91. The number of anilines is 1. The van der Waals surface area contributed by atoms with Crippen LogP contribution in [0, 0.1) is 0 Å². The first kappa shape index (κ1) is 16.9. The number of hydrogen-bond acceptors (Lipinski definition) is 4. The quantitative estimate of drug-likeness (QED) is 0.568. The molecular weight excluding hydrogens is 294 g/mol. The van der Waals surface area contributed by atoms with Crippen LogP contribution in [0.5, 0.6) is 0 Å². The Bertz CT molecular complexity index is 566. The topological polar surface area (TPSA) is 50.1 Å². The van der Waals surface area contributed by atoms with E-state index < -0.39 is 0 Å². The van der Waals surface area contributed by atoms with E-state index in [0.29, 0.717) is 6.04 Å². The molecule has 5 heteroatoms. The van der Waals surface area contributed by atoms with Crippen LogP contribution in [0.4, 0.5) is 5.69 Å². The minimum absolute atomic E-state index is 0.223. The van der Waals surface area contributed by atoms with Gasteiger partial charge in [-0.05, 0) is 51.5 Å². The molecule has 0 aliphatic carbocycles. The zero-order chi connectivity index (χ0) is 15.9. The number of nitrogens with one attached hydrogen (secondary N) is 1. The maximum Gasteiger partial charge on any atom is 0.0542 e. The molecule has 2 N–H and O–H groups in total. The van der Waals surface area contributed by atoms with E-state index in [1.165, 1.54) is 10.5 Å². The number of rotatable bonds is 8. The molecule has 0 amide bonds. The fourth-order valence-corrected chi connectivity index (χ4v) is 2.93. The fourth-order valence-electron chi connectivity index (χ4n) is 2.09. The van der Waals surface area contributed by atoms with Gasteiger partial charge in [-0.2, -0.15) is 5.10 Å². The van der Waals surface area contributed by atoms with E-state index in [0.717, 1.165) is 17.9 Å². The molecule has 0 aliphatic heterocycles. The molecule has 4 nitrogen and oxygen atoms in total. The standard InChI is InChI=1S/C17H25N3OS/c1-13(2)20-12-15(11-18-20)14(3)19-16-5-7-17(8-6-16)22-10-4-9-21/h5-8,11-14,19,21H,4,9-10H2,1-3H3. The molecule has 0 radical (unpaired) electrons. The summed E-state index contributed by atoms with van der Waals surface area (Å²) >= 11 is 1.77. The van der Waals surface area contributed by atoms with Gasteiger partial charge in [-0.25, -0.2) is 0 Å². The van der Waals surface area contributed by atoms with Crippen molar-refractivity contribution >= 4 is 17.4 Å². The van der Waals surface area contributed by atoms with Gasteiger partial charge in [0.1, 0.15) is 0 Å². The lowest BCUT2D eigenvalue weighted by atomic mass is 10.2. The number of hydrogen-bond donors (Lipinski definition) is 2. The van der Waals surface area contributed by atoms with E-state index in [1.54, 1.807) is 11.8 Å². The highest BCUT2D eigenvalue weighted by molar-refractivity contribution is 7.99. The summed E-state index contributed by atoms with van der Waals surface area (Å²) in [5.41, 5.74) is 2.30. The second kappa shape index (κ2) is 8.25. The monoisotopic (exact) mass is 319 g/mol. The summed E-state index contributed by atoms with van der Waals surface area (Å²) in [4.78, 5) is 1.24. The highest BCUT2D eigenvalue weighted by atomic mass is 32.2. The average molecular weight is 319 g/mol. The van der Waals surface area contributed by atoms with Crippen LogP contribution in [0.2, 0.25) is 0 Å². The van der Waals surface area contributed by atoms with Crippen molar-refractivity contribution in [3.8, 4) is 0 Å². The zero-order valence-electron chi connectivity index (χ0n) is 13.5. The Kier molecular flexibility index (Phi) is 6.34. The molecule has 2 rings (SSSR count). The maximum absolute atomic E-state index is 8.80. The molecule has 0 fully saturated rings. The predicted molar refractivity (Wildman–Crippen MR) is 93.5 cm³/mol. The maximum atomic E-state index is 8.80. The SMILES string of the molecule is CC(Nc1ccc(SCCCO)cc1)c1cnn(C(C)C)c1. The molecule has 1 aromatic heterocycles. The Hall–Kier alpha value is -1.46. The Morgan fingerprint density at radius 1 is 1.23 bits per heavy atom. The summed E-state index contributed by atoms with van der Waals surface area (Å²) in [5.74, 6) is 0.952. The second-order valence-electron chi connectivity index (χ2n) is 5.66. The van der Waals surface area contributed by atoms with Gasteiger partial charge in [0.2, 0.25) is 0 Å². The van der Waals surface area contributed by atoms with Gasteiger partial charge in [-0.3, -0.25) is 4.68 Å². The molecule has 1 aromatic carbocycles. The fraction of sp³-hybridized carbons (Fsp3) is 0.471. The normalized spacial score (nSPS) is 12.6. The van der Waals surface area contributed by atoms with Crippen molar-refractivity contribution in [2.24, 2.45) is 0 Å². The first-order valence-corrected chi connectivity index (χ1v) is 8.73. The predicted octanol–water partition coefficient (Wildman–Crippen LogP) is 4.11. The van der Waals surface area contributed by atoms with Crippen LogP contribution in [0.1, 0.15) is 44.8 Å². The van der Waals surface area contributed by atoms with E-state index in [9.17, 15) is 0 Å². The lowest BCUT2D eigenvalue weighted by molar-refractivity contribution is 0.296. The van der Waals surface area contributed by atoms with Gasteiger partial charge in [-0.1, -0.05) is 0 Å². The molecule has 22 heavy (non-hydrogen) atoms. The van der Waals surface area contributed by atoms with Crippen molar-refractivity contribution in [2.45, 2.75) is 44.2 Å². The van der Waals surface area contributed by atoms with Crippen molar-refractivity contribution in [2.75, 3.05) is 17.7 Å². The minimum atomic E-state index is 0.223. The lowest BCUT2D eigenvalue weighted by Gasteiger charge is -2.14. The van der Waals surface area contributed by atoms with Gasteiger partial charge >= 0.3 is 0 Å². The third-order valence-corrected chi connectivity index (χ3v) is 4.56. The zero-order valence-corrected chi connectivity index (χ0v) is 14.3. The van der Waals surface area contributed by atoms with Crippen molar-refractivity contribution in [3.63, 3.8) is 0 Å². The van der Waals surface area contributed by atoms with Crippen molar-refractivity contribution in [1.82, 2.24) is 9.78 Å². The summed E-state index contributed by atoms with van der Waals surface area (Å²) in [7, 11) is 0. The highest BCUT2D eigenvalue weighted by Gasteiger charge is 2.09. The molecule has 2 aromatic rings. The summed E-state index contributed by atoms with van der Waals surface area (Å²) in [6.45, 7) is 6.66. The Morgan fingerprint density at radius 2 is 1.95 bits per heavy atom. The number of aromatic nitrogens is 2. The van der Waals surface area contributed by atoms with Crippen LogP contribution < -0.4 is 5.32 Å². The summed E-state index contributed by atoms with van der Waals surface area (Å²) in [5, 5.41) is 16.7. The minimum Gasteiger partial charge on any atom is -0.396 e. The largest absolute Gasteiger partial charge is 0.396 e. The molecule has 0 saturated heterocycles. The first-order valence-electron chi connectivity index (χ1n) is 7.74. The van der Waals surface area contributed by atoms with Crippen LogP contribution in [0.25, 0.3) is 0 Å². The van der Waals surface area contributed by atoms with E-state index >= 15 is 0 Å². The number of aliphatic hydroxyl groups is 1. The van der Waals surface area contributed by atoms with Gasteiger partial charge in [0.15, 0.2) is 0 Å². The summed E-state index contributed by atoms with van der Waals surface area (Å²) in [6, 6.07) is 9.05. The van der Waals surface area contributed by atoms with Crippen LogP contribution in [-0.4, -0.2) is 27.2 Å². The number of aliphatic hydroxyl groups excluding tert-OH is 1. The number of nitrogens with zero attached hydrogens (tertiary/aromatic N) is 2. The molecule has 0 bridgehead atoms. The smallest absolute Gasteiger partial charge is 0.0542 e. The third kappa shape index (κ3) is 4.78. The molecule has 1 heterocycles. The molecule has 120 valence electrons. The third-order valence-electron chi connectivity index (χ3n) is 3.46. The second-order valence-corrected chi connectivity index (χ2v) is 6.83. The van der Waals surface area contributed by atoms with Gasteiger partial charge < -0.3 is 10.4 Å². The average Bonchev–Trinajstić information content (AvgIpc) is 2.99. The van der Waals surface area contributed by atoms with E-state index in [2.05, 4.69) is 61.6 Å². The lowest BCUT2D eigenvalue weighted by Crippen LogP contribution is -2.06. The number of thioether (sulfide) groups is 1. The van der Waals surface area contributed by atoms with Crippen LogP contribution in [0.3, 0.4) is 0 Å². The Labute approximate surface area is 136 Å². The van der Waals surface area contributed by atoms with Crippen LogP contribution in [-0.2, 0) is 0 Å². The first-order chi connectivity index (χ1) is 10.6. The van der Waals surface area contributed by atoms with Crippen LogP contribution >= 0.6 is 11.8 Å². The molecule has 0 aliphatic rings. The van der Waals surface area contributed by atoms with Crippen LogP contribution in [0.15, 0.2) is 41.6 Å². The van der Waals surface area contributed by atoms with Gasteiger partial charge in [0.25, 0.3) is 0 Å². The summed E-state index contributed by atoms with van der Waals surface area (Å²) in [6.07, 6.45) is 4.86.